The van der Waals surface area contributed by atoms with E-state index in [1.807, 2.05) is 4.40 Å². The molecule has 3 heterocycles. The van der Waals surface area contributed by atoms with Gasteiger partial charge in [-0.15, -0.1) is 0 Å². The van der Waals surface area contributed by atoms with Gasteiger partial charge in [-0.1, -0.05) is 54.6 Å². The van der Waals surface area contributed by atoms with E-state index in [2.05, 4.69) is 4.98 Å². The lowest BCUT2D eigenvalue weighted by Gasteiger charge is -2.27. The molecule has 0 spiro atoms. The summed E-state index contributed by atoms with van der Waals surface area (Å²) in [5.74, 6) is -1.98. The van der Waals surface area contributed by atoms with Crippen molar-refractivity contribution in [2.24, 2.45) is 0 Å². The highest BCUT2D eigenvalue weighted by atomic mass is 19.3. The van der Waals surface area contributed by atoms with Crippen molar-refractivity contribution in [1.29, 1.82) is 0 Å². The van der Waals surface area contributed by atoms with Crippen LogP contribution in [-0.4, -0.2) is 38.8 Å². The molecule has 3 N–H and O–H groups in total. The van der Waals surface area contributed by atoms with Crippen molar-refractivity contribution in [3.8, 4) is 11.3 Å². The average molecular weight is 450 g/mol. The second kappa shape index (κ2) is 8.53. The maximum atomic E-state index is 15.0. The molecule has 0 radical (unpaired) electrons. The normalized spacial score (nSPS) is 19.1. The molecule has 2 aromatic heterocycles. The lowest BCUT2D eigenvalue weighted by atomic mass is 9.98. The summed E-state index contributed by atoms with van der Waals surface area (Å²) >= 11 is 0. The third-order valence-corrected chi connectivity index (χ3v) is 6.21. The van der Waals surface area contributed by atoms with Crippen LogP contribution in [0.25, 0.3) is 16.8 Å². The molecular weight excluding hydrogens is 426 g/mol. The zero-order valence-corrected chi connectivity index (χ0v) is 17.9. The van der Waals surface area contributed by atoms with E-state index in [-0.39, 0.29) is 29.8 Å². The van der Waals surface area contributed by atoms with Gasteiger partial charge in [-0.25, -0.2) is 9.97 Å². The Morgan fingerprint density at radius 3 is 2.45 bits per heavy atom. The minimum absolute atomic E-state index is 0.00284. The van der Waals surface area contributed by atoms with Crippen LogP contribution in [0.1, 0.15) is 35.7 Å². The third-order valence-electron chi connectivity index (χ3n) is 6.21. The van der Waals surface area contributed by atoms with Gasteiger partial charge < -0.3 is 15.6 Å². The maximum absolute atomic E-state index is 15.0. The lowest BCUT2D eigenvalue weighted by molar-refractivity contribution is -0.0282. The van der Waals surface area contributed by atoms with Gasteiger partial charge in [0.05, 0.1) is 19.3 Å². The molecule has 2 atom stereocenters. The van der Waals surface area contributed by atoms with Crippen LogP contribution in [0.15, 0.2) is 67.0 Å². The number of aliphatic hydroxyl groups is 1. The number of nitrogens with zero attached hydrogens (tertiary/aromatic N) is 3. The second-order valence-electron chi connectivity index (χ2n) is 8.28. The number of fused-ring (bicyclic) bond motifs is 1. The van der Waals surface area contributed by atoms with E-state index in [4.69, 9.17) is 15.5 Å². The van der Waals surface area contributed by atoms with Crippen molar-refractivity contribution in [2.75, 3.05) is 18.9 Å². The highest BCUT2D eigenvalue weighted by Crippen LogP contribution is 2.38. The number of aromatic nitrogens is 3. The van der Waals surface area contributed by atoms with Crippen LogP contribution in [0.3, 0.4) is 0 Å². The molecule has 1 aliphatic rings. The molecule has 1 aliphatic heterocycles. The number of nitrogen functional groups attached to an aromatic ring is 1. The average Bonchev–Trinajstić information content (AvgIpc) is 3.26. The Labute approximate surface area is 189 Å². The topological polar surface area (TPSA) is 85.7 Å². The molecule has 2 unspecified atom stereocenters. The number of aliphatic hydroxyl groups excluding tert-OH is 1. The van der Waals surface area contributed by atoms with Crippen molar-refractivity contribution >= 4 is 11.3 Å². The number of anilines is 1. The van der Waals surface area contributed by atoms with E-state index in [0.717, 1.165) is 18.7 Å². The number of nitrogens with two attached hydrogens (primary N) is 1. The number of alkyl halides is 2. The first kappa shape index (κ1) is 21.5. The first-order chi connectivity index (χ1) is 16.0. The molecule has 5 rings (SSSR count). The first-order valence-corrected chi connectivity index (χ1v) is 10.9. The predicted octanol–water partition coefficient (Wildman–Crippen LogP) is 4.37. The fourth-order valence-corrected chi connectivity index (χ4v) is 4.38. The summed E-state index contributed by atoms with van der Waals surface area (Å²) in [5.41, 5.74) is 7.96. The molecule has 33 heavy (non-hydrogen) atoms. The Bertz CT molecular complexity index is 1250. The zero-order valence-electron chi connectivity index (χ0n) is 17.9. The van der Waals surface area contributed by atoms with Crippen LogP contribution in [0, 0.1) is 0 Å². The molecular formula is C25H24F2N4O2. The molecule has 8 heteroatoms. The smallest absolute Gasteiger partial charge is 0.298 e. The van der Waals surface area contributed by atoms with Crippen LogP contribution >= 0.6 is 0 Å². The van der Waals surface area contributed by atoms with Gasteiger partial charge >= 0.3 is 0 Å². The molecule has 4 aromatic rings. The number of ether oxygens (including phenoxy) is 1. The number of hydrogen-bond donors (Lipinski definition) is 2. The highest BCUT2D eigenvalue weighted by molar-refractivity contribution is 5.85. The zero-order chi connectivity index (χ0) is 23.0. The van der Waals surface area contributed by atoms with Gasteiger partial charge in [0, 0.05) is 35.0 Å². The first-order valence-electron chi connectivity index (χ1n) is 10.9. The number of rotatable bonds is 5. The van der Waals surface area contributed by atoms with Crippen molar-refractivity contribution in [3.63, 3.8) is 0 Å². The van der Waals surface area contributed by atoms with Crippen LogP contribution < -0.4 is 5.73 Å². The van der Waals surface area contributed by atoms with Gasteiger partial charge in [0.15, 0.2) is 0 Å². The van der Waals surface area contributed by atoms with Gasteiger partial charge in [0.25, 0.3) is 5.92 Å². The molecule has 0 saturated carbocycles. The van der Waals surface area contributed by atoms with Crippen LogP contribution in [0.5, 0.6) is 0 Å². The molecule has 0 aliphatic carbocycles. The summed E-state index contributed by atoms with van der Waals surface area (Å²) in [6.45, 7) is 0.436. The van der Waals surface area contributed by atoms with E-state index in [1.165, 1.54) is 24.3 Å². The summed E-state index contributed by atoms with van der Waals surface area (Å²) in [4.78, 5) is 9.06. The molecule has 2 aromatic carbocycles. The summed E-state index contributed by atoms with van der Waals surface area (Å²) in [6, 6.07) is 13.9. The van der Waals surface area contributed by atoms with Gasteiger partial charge in [-0.3, -0.25) is 4.40 Å². The van der Waals surface area contributed by atoms with E-state index in [0.29, 0.717) is 29.2 Å². The van der Waals surface area contributed by atoms with E-state index >= 15 is 0 Å². The van der Waals surface area contributed by atoms with Crippen molar-refractivity contribution in [3.05, 3.63) is 83.9 Å². The van der Waals surface area contributed by atoms with Crippen LogP contribution in [0.4, 0.5) is 14.6 Å². The van der Waals surface area contributed by atoms with Crippen LogP contribution in [-0.2, 0) is 10.7 Å². The lowest BCUT2D eigenvalue weighted by Crippen LogP contribution is -2.28. The third kappa shape index (κ3) is 3.85. The molecule has 1 fully saturated rings. The summed E-state index contributed by atoms with van der Waals surface area (Å²) in [5, 5.41) is 9.34. The fraction of sp³-hybridized carbons (Fsp3) is 0.280. The molecule has 1 saturated heterocycles. The minimum Gasteiger partial charge on any atom is -0.394 e. The van der Waals surface area contributed by atoms with Crippen molar-refractivity contribution in [1.82, 2.24) is 14.4 Å². The van der Waals surface area contributed by atoms with E-state index in [9.17, 15) is 13.9 Å². The van der Waals surface area contributed by atoms with E-state index in [1.54, 1.807) is 42.7 Å². The summed E-state index contributed by atoms with van der Waals surface area (Å²) < 4.78 is 37.6. The number of halogens is 2. The molecule has 0 amide bonds. The van der Waals surface area contributed by atoms with Crippen molar-refractivity contribution in [2.45, 2.75) is 30.8 Å². The predicted molar refractivity (Wildman–Crippen MR) is 121 cm³/mol. The largest absolute Gasteiger partial charge is 0.394 e. The van der Waals surface area contributed by atoms with Gasteiger partial charge in [-0.05, 0) is 12.8 Å². The molecule has 0 bridgehead atoms. The molecule has 170 valence electrons. The quantitative estimate of drug-likeness (QED) is 0.472. The van der Waals surface area contributed by atoms with E-state index < -0.39 is 5.92 Å². The highest BCUT2D eigenvalue weighted by Gasteiger charge is 2.34. The van der Waals surface area contributed by atoms with Crippen LogP contribution in [0.2, 0.25) is 0 Å². The van der Waals surface area contributed by atoms with Gasteiger partial charge in [0.1, 0.15) is 22.9 Å². The second-order valence-corrected chi connectivity index (χ2v) is 8.28. The fourth-order valence-electron chi connectivity index (χ4n) is 4.38. The summed E-state index contributed by atoms with van der Waals surface area (Å²) in [6.07, 6.45) is 4.80. The Kier molecular flexibility index (Phi) is 5.55. The number of hydrogen-bond acceptors (Lipinski definition) is 5. The Balaban J connectivity index is 1.53. The maximum Gasteiger partial charge on any atom is 0.298 e. The van der Waals surface area contributed by atoms with Crippen molar-refractivity contribution < 1.29 is 18.6 Å². The van der Waals surface area contributed by atoms with Gasteiger partial charge in [0.2, 0.25) is 0 Å². The monoisotopic (exact) mass is 450 g/mol. The minimum atomic E-state index is -3.11. The number of benzene rings is 2. The molecule has 6 nitrogen and oxygen atoms in total. The number of imidazole rings is 1. The SMILES string of the molecule is Nc1nccn2c(C3CCC(CO)OC3)nc(-c3ccc(C(F)(F)c4ccccc4)cc3)c12. The Hall–Kier alpha value is -3.36. The standard InChI is InChI=1S/C25H24F2N4O2/c26-25(27,18-4-2-1-3-5-18)19-9-6-16(7-10-19)21-22-23(28)29-12-13-31(22)24(30-21)17-8-11-20(14-32)33-15-17/h1-7,9-10,12-13,17,20,32H,8,11,14-15H2,(H2,28,29). The summed E-state index contributed by atoms with van der Waals surface area (Å²) in [7, 11) is 0. The Morgan fingerprint density at radius 1 is 1.06 bits per heavy atom. The van der Waals surface area contributed by atoms with Gasteiger partial charge in [-0.2, -0.15) is 8.78 Å². The Morgan fingerprint density at radius 2 is 1.79 bits per heavy atom.